The molecule has 0 bridgehead atoms. The molecule has 1 unspecified atom stereocenters. The summed E-state index contributed by atoms with van der Waals surface area (Å²) >= 11 is 11.3. The summed E-state index contributed by atoms with van der Waals surface area (Å²) in [6.07, 6.45) is 0. The van der Waals surface area contributed by atoms with Crippen LogP contribution < -0.4 is 11.1 Å². The van der Waals surface area contributed by atoms with Gasteiger partial charge in [0.2, 0.25) is 0 Å². The molecule has 0 fully saturated rings. The topological polar surface area (TPSA) is 93.0 Å². The zero-order chi connectivity index (χ0) is 21.3. The van der Waals surface area contributed by atoms with Crippen molar-refractivity contribution in [3.05, 3.63) is 86.7 Å². The summed E-state index contributed by atoms with van der Waals surface area (Å²) in [5.41, 5.74) is 9.65. The van der Waals surface area contributed by atoms with E-state index in [4.69, 9.17) is 34.3 Å². The van der Waals surface area contributed by atoms with Gasteiger partial charge in [0.25, 0.3) is 0 Å². The SMILES string of the molecule is CCOC(=O)C1=C(c2ccccc2)Nc2nc(=S)[nH]c(N)c2C1c1ccc(Cl)cc1. The number of hydrogen-bond acceptors (Lipinski definition) is 6. The molecule has 2 aromatic carbocycles. The van der Waals surface area contributed by atoms with Gasteiger partial charge in [-0.15, -0.1) is 0 Å². The Kier molecular flexibility index (Phi) is 5.57. The number of halogens is 1. The average Bonchev–Trinajstić information content (AvgIpc) is 2.73. The smallest absolute Gasteiger partial charge is 0.337 e. The van der Waals surface area contributed by atoms with Crippen molar-refractivity contribution in [2.75, 3.05) is 17.7 Å². The molecule has 1 aromatic heterocycles. The molecule has 0 saturated carbocycles. The van der Waals surface area contributed by atoms with E-state index in [1.165, 1.54) is 0 Å². The number of nitrogens with one attached hydrogen (secondary N) is 2. The van der Waals surface area contributed by atoms with Crippen LogP contribution in [0.2, 0.25) is 5.02 Å². The molecule has 0 radical (unpaired) electrons. The van der Waals surface area contributed by atoms with E-state index in [0.717, 1.165) is 11.1 Å². The summed E-state index contributed by atoms with van der Waals surface area (Å²) in [7, 11) is 0. The molecule has 0 amide bonds. The van der Waals surface area contributed by atoms with Crippen molar-refractivity contribution in [1.82, 2.24) is 9.97 Å². The lowest BCUT2D eigenvalue weighted by Crippen LogP contribution is -2.27. The minimum atomic E-state index is -0.521. The predicted octanol–water partition coefficient (Wildman–Crippen LogP) is 4.91. The van der Waals surface area contributed by atoms with Crippen LogP contribution in [0.15, 0.2) is 60.2 Å². The summed E-state index contributed by atoms with van der Waals surface area (Å²) in [4.78, 5) is 20.5. The van der Waals surface area contributed by atoms with Crippen molar-refractivity contribution < 1.29 is 9.53 Å². The van der Waals surface area contributed by atoms with Crippen LogP contribution in [-0.4, -0.2) is 22.5 Å². The Morgan fingerprint density at radius 3 is 2.57 bits per heavy atom. The van der Waals surface area contributed by atoms with Gasteiger partial charge in [-0.2, -0.15) is 0 Å². The van der Waals surface area contributed by atoms with Gasteiger partial charge in [-0.3, -0.25) is 0 Å². The van der Waals surface area contributed by atoms with E-state index in [-0.39, 0.29) is 11.4 Å². The first-order chi connectivity index (χ1) is 14.5. The lowest BCUT2D eigenvalue weighted by molar-refractivity contribution is -0.138. The molecule has 1 atom stereocenters. The number of fused-ring (bicyclic) bond motifs is 1. The van der Waals surface area contributed by atoms with Gasteiger partial charge in [0.1, 0.15) is 11.6 Å². The largest absolute Gasteiger partial charge is 0.463 e. The first-order valence-electron chi connectivity index (χ1n) is 9.38. The second-order valence-corrected chi connectivity index (χ2v) is 7.53. The Labute approximate surface area is 183 Å². The van der Waals surface area contributed by atoms with Gasteiger partial charge in [-0.1, -0.05) is 54.1 Å². The fourth-order valence-corrected chi connectivity index (χ4v) is 3.94. The quantitative estimate of drug-likeness (QED) is 0.396. The van der Waals surface area contributed by atoms with E-state index in [1.807, 2.05) is 42.5 Å². The second kappa shape index (κ2) is 8.30. The Morgan fingerprint density at radius 1 is 1.20 bits per heavy atom. The lowest BCUT2D eigenvalue weighted by atomic mass is 9.80. The summed E-state index contributed by atoms with van der Waals surface area (Å²) in [5, 5.41) is 3.86. The fourth-order valence-electron chi connectivity index (χ4n) is 3.61. The van der Waals surface area contributed by atoms with Crippen molar-refractivity contribution in [3.63, 3.8) is 0 Å². The Balaban J connectivity index is 2.05. The first-order valence-corrected chi connectivity index (χ1v) is 10.2. The third kappa shape index (κ3) is 3.69. The van der Waals surface area contributed by atoms with Gasteiger partial charge in [0.15, 0.2) is 4.77 Å². The number of aromatic amines is 1. The zero-order valence-corrected chi connectivity index (χ0v) is 17.7. The van der Waals surface area contributed by atoms with Crippen LogP contribution in [0.3, 0.4) is 0 Å². The Morgan fingerprint density at radius 2 is 1.90 bits per heavy atom. The molecule has 2 heterocycles. The van der Waals surface area contributed by atoms with Crippen LogP contribution in [0.1, 0.15) is 29.5 Å². The first kappa shape index (κ1) is 20.1. The standard InChI is InChI=1S/C22H19ClN4O2S/c1-2-29-21(28)16-15(12-8-10-14(23)11-9-12)17-19(24)26-22(30)27-20(17)25-18(16)13-6-4-3-5-7-13/h3-11,15H,2H2,1H3,(H4,24,25,26,27,30). The van der Waals surface area contributed by atoms with E-state index < -0.39 is 11.9 Å². The van der Waals surface area contributed by atoms with Crippen LogP contribution in [0, 0.1) is 4.77 Å². The molecular formula is C22H19ClN4O2S. The summed E-state index contributed by atoms with van der Waals surface area (Å²) < 4.78 is 5.68. The molecule has 0 saturated heterocycles. The van der Waals surface area contributed by atoms with Crippen LogP contribution in [0.25, 0.3) is 5.70 Å². The number of nitrogen functional groups attached to an aromatic ring is 1. The molecule has 8 heteroatoms. The molecule has 4 N–H and O–H groups in total. The van der Waals surface area contributed by atoms with Gasteiger partial charge in [-0.05, 0) is 42.4 Å². The molecule has 152 valence electrons. The number of carbonyl (C=O) groups excluding carboxylic acids is 1. The van der Waals surface area contributed by atoms with Crippen molar-refractivity contribution in [1.29, 1.82) is 0 Å². The number of aromatic nitrogens is 2. The molecule has 4 rings (SSSR count). The molecular weight excluding hydrogens is 420 g/mol. The lowest BCUT2D eigenvalue weighted by Gasteiger charge is -2.31. The molecule has 30 heavy (non-hydrogen) atoms. The maximum Gasteiger partial charge on any atom is 0.337 e. The molecule has 0 spiro atoms. The van der Waals surface area contributed by atoms with E-state index in [1.54, 1.807) is 19.1 Å². The molecule has 1 aliphatic heterocycles. The van der Waals surface area contributed by atoms with Gasteiger partial charge >= 0.3 is 5.97 Å². The summed E-state index contributed by atoms with van der Waals surface area (Å²) in [6, 6.07) is 16.8. The van der Waals surface area contributed by atoms with Crippen LogP contribution >= 0.6 is 23.8 Å². The van der Waals surface area contributed by atoms with Crippen LogP contribution in [0.4, 0.5) is 11.6 Å². The van der Waals surface area contributed by atoms with Crippen molar-refractivity contribution >= 4 is 47.1 Å². The highest BCUT2D eigenvalue weighted by molar-refractivity contribution is 7.71. The average molecular weight is 439 g/mol. The normalized spacial score (nSPS) is 15.3. The third-order valence-corrected chi connectivity index (χ3v) is 5.30. The highest BCUT2D eigenvalue weighted by atomic mass is 35.5. The number of benzene rings is 2. The highest BCUT2D eigenvalue weighted by Crippen LogP contribution is 2.46. The Hall–Kier alpha value is -3.16. The van der Waals surface area contributed by atoms with Crippen molar-refractivity contribution in [2.45, 2.75) is 12.8 Å². The minimum Gasteiger partial charge on any atom is -0.463 e. The van der Waals surface area contributed by atoms with Gasteiger partial charge in [-0.25, -0.2) is 9.78 Å². The summed E-state index contributed by atoms with van der Waals surface area (Å²) in [6.45, 7) is 2.02. The van der Waals surface area contributed by atoms with Crippen molar-refractivity contribution in [3.8, 4) is 0 Å². The van der Waals surface area contributed by atoms with E-state index in [0.29, 0.717) is 33.5 Å². The zero-order valence-electron chi connectivity index (χ0n) is 16.1. The predicted molar refractivity (Wildman–Crippen MR) is 121 cm³/mol. The number of H-pyrrole nitrogens is 1. The second-order valence-electron chi connectivity index (χ2n) is 6.70. The minimum absolute atomic E-state index is 0.246. The number of rotatable bonds is 4. The van der Waals surface area contributed by atoms with Gasteiger partial charge in [0.05, 0.1) is 23.8 Å². The van der Waals surface area contributed by atoms with E-state index in [9.17, 15) is 4.79 Å². The number of carbonyl (C=O) groups is 1. The monoisotopic (exact) mass is 438 g/mol. The van der Waals surface area contributed by atoms with Gasteiger partial charge in [0, 0.05) is 10.6 Å². The molecule has 3 aromatic rings. The third-order valence-electron chi connectivity index (χ3n) is 4.85. The van der Waals surface area contributed by atoms with Crippen LogP contribution in [-0.2, 0) is 9.53 Å². The van der Waals surface area contributed by atoms with Crippen molar-refractivity contribution in [2.24, 2.45) is 0 Å². The van der Waals surface area contributed by atoms with E-state index in [2.05, 4.69) is 15.3 Å². The number of esters is 1. The van der Waals surface area contributed by atoms with Crippen LogP contribution in [0.5, 0.6) is 0 Å². The van der Waals surface area contributed by atoms with Gasteiger partial charge < -0.3 is 20.8 Å². The molecule has 0 aliphatic carbocycles. The fraction of sp³-hybridized carbons (Fsp3) is 0.136. The maximum absolute atomic E-state index is 13.2. The number of anilines is 2. The summed E-state index contributed by atoms with van der Waals surface area (Å²) in [5.74, 6) is -0.113. The maximum atomic E-state index is 13.2. The Bertz CT molecular complexity index is 1190. The molecule has 1 aliphatic rings. The number of nitrogens with two attached hydrogens (primary N) is 1. The number of hydrogen-bond donors (Lipinski definition) is 3. The number of ether oxygens (including phenoxy) is 1. The molecule has 6 nitrogen and oxygen atoms in total. The number of nitrogens with zero attached hydrogens (tertiary/aromatic N) is 1. The highest BCUT2D eigenvalue weighted by Gasteiger charge is 2.37. The van der Waals surface area contributed by atoms with E-state index >= 15 is 0 Å².